The van der Waals surface area contributed by atoms with Crippen LogP contribution in [0.25, 0.3) is 11.5 Å². The van der Waals surface area contributed by atoms with Crippen LogP contribution in [0.15, 0.2) is 52.1 Å². The van der Waals surface area contributed by atoms with Gasteiger partial charge in [-0.3, -0.25) is 20.2 Å². The summed E-state index contributed by atoms with van der Waals surface area (Å²) in [6, 6.07) is 10.6. The van der Waals surface area contributed by atoms with E-state index in [2.05, 4.69) is 10.2 Å². The van der Waals surface area contributed by atoms with Crippen molar-refractivity contribution in [3.8, 4) is 11.5 Å². The highest BCUT2D eigenvalue weighted by atomic mass is 35.5. The Kier molecular flexibility index (Phi) is 5.14. The second-order valence-electron chi connectivity index (χ2n) is 5.01. The van der Waals surface area contributed by atoms with Gasteiger partial charge in [0.1, 0.15) is 0 Å². The molecule has 0 spiro atoms. The van der Waals surface area contributed by atoms with E-state index in [0.717, 1.165) is 6.07 Å². The number of hydrogen-bond acceptors (Lipinski definition) is 8. The molecule has 0 bridgehead atoms. The second-order valence-corrected chi connectivity index (χ2v) is 6.37. The van der Waals surface area contributed by atoms with Gasteiger partial charge in [0.05, 0.1) is 9.85 Å². The molecule has 0 N–H and O–H groups in total. The Morgan fingerprint density at radius 1 is 1.00 bits per heavy atom. The molecule has 3 aromatic rings. The van der Waals surface area contributed by atoms with Crippen LogP contribution in [0.3, 0.4) is 0 Å². The third-order valence-electron chi connectivity index (χ3n) is 3.29. The SMILES string of the molecule is O=[N+]([O-])c1ccc(CSc2nnc(-c3ccc(Cl)cc3)o2)cc1[N+](=O)[O-]. The molecular formula is C15H9ClN4O5S. The van der Waals surface area contributed by atoms with Crippen LogP contribution in [0.5, 0.6) is 0 Å². The molecule has 0 aliphatic rings. The molecule has 3 rings (SSSR count). The lowest BCUT2D eigenvalue weighted by Gasteiger charge is -2.00. The van der Waals surface area contributed by atoms with E-state index in [1.807, 2.05) is 0 Å². The first-order valence-electron chi connectivity index (χ1n) is 7.08. The molecule has 0 saturated carbocycles. The van der Waals surface area contributed by atoms with Crippen LogP contribution in [0.1, 0.15) is 5.56 Å². The number of nitrogens with zero attached hydrogens (tertiary/aromatic N) is 4. The molecule has 1 aromatic heterocycles. The van der Waals surface area contributed by atoms with Crippen molar-refractivity contribution in [2.45, 2.75) is 11.0 Å². The zero-order valence-corrected chi connectivity index (χ0v) is 14.4. The summed E-state index contributed by atoms with van der Waals surface area (Å²) in [5, 5.41) is 30.5. The van der Waals surface area contributed by atoms with Gasteiger partial charge in [0.15, 0.2) is 0 Å². The Morgan fingerprint density at radius 2 is 1.69 bits per heavy atom. The van der Waals surface area contributed by atoms with Crippen LogP contribution in [0, 0.1) is 20.2 Å². The number of rotatable bonds is 6. The predicted octanol–water partition coefficient (Wildman–Crippen LogP) is 4.50. The van der Waals surface area contributed by atoms with Crippen LogP contribution in [-0.2, 0) is 5.75 Å². The summed E-state index contributed by atoms with van der Waals surface area (Å²) in [5.74, 6) is 0.597. The lowest BCUT2D eigenvalue weighted by atomic mass is 10.2. The first-order chi connectivity index (χ1) is 12.4. The van der Waals surface area contributed by atoms with Gasteiger partial charge in [0, 0.05) is 28.5 Å². The number of aromatic nitrogens is 2. The first-order valence-corrected chi connectivity index (χ1v) is 8.44. The minimum absolute atomic E-state index is 0.274. The Labute approximate surface area is 155 Å². The van der Waals surface area contributed by atoms with E-state index in [0.29, 0.717) is 22.0 Å². The van der Waals surface area contributed by atoms with Gasteiger partial charge < -0.3 is 4.42 Å². The average molecular weight is 393 g/mol. The fourth-order valence-corrected chi connectivity index (χ4v) is 2.91. The van der Waals surface area contributed by atoms with Gasteiger partial charge in [-0.15, -0.1) is 10.2 Å². The minimum Gasteiger partial charge on any atom is -0.411 e. The quantitative estimate of drug-likeness (QED) is 0.341. The van der Waals surface area contributed by atoms with Crippen molar-refractivity contribution < 1.29 is 14.3 Å². The van der Waals surface area contributed by atoms with Crippen molar-refractivity contribution in [3.05, 3.63) is 73.3 Å². The average Bonchev–Trinajstić information content (AvgIpc) is 3.09. The molecule has 9 nitrogen and oxygen atoms in total. The highest BCUT2D eigenvalue weighted by molar-refractivity contribution is 7.98. The molecule has 0 saturated heterocycles. The molecule has 132 valence electrons. The highest BCUT2D eigenvalue weighted by Gasteiger charge is 2.24. The van der Waals surface area contributed by atoms with Crippen molar-refractivity contribution in [2.24, 2.45) is 0 Å². The molecule has 26 heavy (non-hydrogen) atoms. The lowest BCUT2D eigenvalue weighted by Crippen LogP contribution is -1.97. The third-order valence-corrected chi connectivity index (χ3v) is 4.43. The van der Waals surface area contributed by atoms with Crippen molar-refractivity contribution in [1.82, 2.24) is 10.2 Å². The smallest absolute Gasteiger partial charge is 0.346 e. The van der Waals surface area contributed by atoms with Crippen molar-refractivity contribution in [3.63, 3.8) is 0 Å². The molecule has 11 heteroatoms. The number of benzene rings is 2. The van der Waals surface area contributed by atoms with Crippen LogP contribution < -0.4 is 0 Å². The first kappa shape index (κ1) is 17.8. The Balaban J connectivity index is 1.73. The highest BCUT2D eigenvalue weighted by Crippen LogP contribution is 2.31. The lowest BCUT2D eigenvalue weighted by molar-refractivity contribution is -0.422. The fraction of sp³-hybridized carbons (Fsp3) is 0.0667. The summed E-state index contributed by atoms with van der Waals surface area (Å²) in [6.07, 6.45) is 0. The van der Waals surface area contributed by atoms with E-state index in [4.69, 9.17) is 16.0 Å². The maximum Gasteiger partial charge on any atom is 0.346 e. The zero-order chi connectivity index (χ0) is 18.7. The van der Waals surface area contributed by atoms with Gasteiger partial charge in [-0.1, -0.05) is 29.4 Å². The summed E-state index contributed by atoms with van der Waals surface area (Å²) in [7, 11) is 0. The van der Waals surface area contributed by atoms with Crippen LogP contribution >= 0.6 is 23.4 Å². The summed E-state index contributed by atoms with van der Waals surface area (Å²) >= 11 is 6.99. The molecule has 0 radical (unpaired) electrons. The van der Waals surface area contributed by atoms with Gasteiger partial charge >= 0.3 is 11.4 Å². The Bertz CT molecular complexity index is 976. The molecule has 0 unspecified atom stereocenters. The van der Waals surface area contributed by atoms with Crippen LogP contribution in [0.2, 0.25) is 5.02 Å². The molecular weight excluding hydrogens is 384 g/mol. The number of hydrogen-bond donors (Lipinski definition) is 0. The minimum atomic E-state index is -0.786. The second kappa shape index (κ2) is 7.50. The van der Waals surface area contributed by atoms with Crippen LogP contribution in [0.4, 0.5) is 11.4 Å². The Morgan fingerprint density at radius 3 is 2.35 bits per heavy atom. The molecule has 0 aliphatic carbocycles. The Hall–Kier alpha value is -2.98. The maximum atomic E-state index is 11.0. The van der Waals surface area contributed by atoms with Crippen molar-refractivity contribution in [1.29, 1.82) is 0 Å². The molecule has 0 atom stereocenters. The summed E-state index contributed by atoms with van der Waals surface area (Å²) < 4.78 is 5.53. The maximum absolute atomic E-state index is 11.0. The molecule has 1 heterocycles. The van der Waals surface area contributed by atoms with Gasteiger partial charge in [0.25, 0.3) is 5.22 Å². The third kappa shape index (κ3) is 3.98. The normalized spacial score (nSPS) is 10.7. The molecule has 0 fully saturated rings. The zero-order valence-electron chi connectivity index (χ0n) is 12.9. The van der Waals surface area contributed by atoms with Gasteiger partial charge in [-0.05, 0) is 29.8 Å². The monoisotopic (exact) mass is 392 g/mol. The van der Waals surface area contributed by atoms with Gasteiger partial charge in [-0.2, -0.15) is 0 Å². The van der Waals surface area contributed by atoms with E-state index in [1.54, 1.807) is 24.3 Å². The van der Waals surface area contributed by atoms with E-state index in [-0.39, 0.29) is 11.0 Å². The van der Waals surface area contributed by atoms with E-state index < -0.39 is 21.2 Å². The largest absolute Gasteiger partial charge is 0.411 e. The molecule has 2 aromatic carbocycles. The van der Waals surface area contributed by atoms with E-state index >= 15 is 0 Å². The topological polar surface area (TPSA) is 125 Å². The number of nitro groups is 2. The van der Waals surface area contributed by atoms with Crippen LogP contribution in [-0.4, -0.2) is 20.0 Å². The van der Waals surface area contributed by atoms with Gasteiger partial charge in [0.2, 0.25) is 5.89 Å². The fourth-order valence-electron chi connectivity index (χ4n) is 2.08. The predicted molar refractivity (Wildman–Crippen MR) is 94.1 cm³/mol. The van der Waals surface area contributed by atoms with Crippen molar-refractivity contribution in [2.75, 3.05) is 0 Å². The van der Waals surface area contributed by atoms with Crippen molar-refractivity contribution >= 4 is 34.7 Å². The summed E-state index contributed by atoms with van der Waals surface area (Å²) in [4.78, 5) is 20.2. The molecule has 0 amide bonds. The number of thioether (sulfide) groups is 1. The number of halogens is 1. The van der Waals surface area contributed by atoms with Gasteiger partial charge in [-0.25, -0.2) is 0 Å². The summed E-state index contributed by atoms with van der Waals surface area (Å²) in [6.45, 7) is 0. The van der Waals surface area contributed by atoms with E-state index in [9.17, 15) is 20.2 Å². The number of nitro benzene ring substituents is 2. The van der Waals surface area contributed by atoms with E-state index in [1.165, 1.54) is 23.9 Å². The standard InChI is InChI=1S/C15H9ClN4O5S/c16-11-4-2-10(3-5-11)14-17-18-15(25-14)26-8-9-1-6-12(19(21)22)13(7-9)20(23)24/h1-7H,8H2. The molecule has 0 aliphatic heterocycles. The summed E-state index contributed by atoms with van der Waals surface area (Å²) in [5.41, 5.74) is 0.130.